The number of aromatic nitrogens is 1. The SMILES string of the molecule is COCCOc1ncc(N2CCN(CCN(C)C(=O)OC(C)(C)C)CC2)cc1C(F)(F)F. The van der Waals surface area contributed by atoms with Crippen molar-refractivity contribution in [3.05, 3.63) is 17.8 Å². The van der Waals surface area contributed by atoms with Gasteiger partial charge in [0.25, 0.3) is 0 Å². The van der Waals surface area contributed by atoms with Gasteiger partial charge in [0.1, 0.15) is 17.8 Å². The van der Waals surface area contributed by atoms with Crippen LogP contribution in [0.15, 0.2) is 12.3 Å². The second kappa shape index (κ2) is 11.0. The highest BCUT2D eigenvalue weighted by molar-refractivity contribution is 5.67. The molecular weight excluding hydrogens is 429 g/mol. The molecule has 11 heteroatoms. The van der Waals surface area contributed by atoms with Crippen molar-refractivity contribution in [3.8, 4) is 5.88 Å². The molecule has 0 unspecified atom stereocenters. The topological polar surface area (TPSA) is 67.4 Å². The lowest BCUT2D eigenvalue weighted by Gasteiger charge is -2.36. The Morgan fingerprint density at radius 3 is 2.38 bits per heavy atom. The van der Waals surface area contributed by atoms with E-state index >= 15 is 0 Å². The Morgan fingerprint density at radius 1 is 1.16 bits per heavy atom. The number of halogens is 3. The summed E-state index contributed by atoms with van der Waals surface area (Å²) in [5.41, 5.74) is -1.04. The lowest BCUT2D eigenvalue weighted by molar-refractivity contribution is -0.139. The van der Waals surface area contributed by atoms with Gasteiger partial charge in [-0.15, -0.1) is 0 Å². The van der Waals surface area contributed by atoms with E-state index in [-0.39, 0.29) is 19.3 Å². The first-order chi connectivity index (χ1) is 14.9. The normalized spacial score (nSPS) is 15.6. The van der Waals surface area contributed by atoms with Gasteiger partial charge in [0.05, 0.1) is 18.5 Å². The zero-order valence-corrected chi connectivity index (χ0v) is 19.4. The molecule has 182 valence electrons. The molecule has 0 spiro atoms. The minimum absolute atomic E-state index is 0.0116. The number of methoxy groups -OCH3 is 1. The zero-order valence-electron chi connectivity index (χ0n) is 19.4. The number of hydrogen-bond acceptors (Lipinski definition) is 7. The number of piperazine rings is 1. The summed E-state index contributed by atoms with van der Waals surface area (Å²) < 4.78 is 55.8. The van der Waals surface area contributed by atoms with Crippen LogP contribution in [0.4, 0.5) is 23.7 Å². The van der Waals surface area contributed by atoms with Crippen molar-refractivity contribution in [1.82, 2.24) is 14.8 Å². The van der Waals surface area contributed by atoms with E-state index in [1.54, 1.807) is 7.05 Å². The summed E-state index contributed by atoms with van der Waals surface area (Å²) in [7, 11) is 3.13. The molecule has 1 aromatic heterocycles. The van der Waals surface area contributed by atoms with Crippen LogP contribution in [0.1, 0.15) is 26.3 Å². The first-order valence-electron chi connectivity index (χ1n) is 10.5. The number of hydrogen-bond donors (Lipinski definition) is 0. The van der Waals surface area contributed by atoms with E-state index in [1.165, 1.54) is 18.2 Å². The molecule has 0 N–H and O–H groups in total. The van der Waals surface area contributed by atoms with Gasteiger partial charge in [-0.25, -0.2) is 9.78 Å². The summed E-state index contributed by atoms with van der Waals surface area (Å²) in [6.45, 7) is 9.20. The molecule has 0 atom stereocenters. The number of rotatable bonds is 8. The molecule has 0 bridgehead atoms. The van der Waals surface area contributed by atoms with Gasteiger partial charge in [-0.2, -0.15) is 13.2 Å². The predicted molar refractivity (Wildman–Crippen MR) is 114 cm³/mol. The van der Waals surface area contributed by atoms with Crippen LogP contribution in [0.25, 0.3) is 0 Å². The van der Waals surface area contributed by atoms with Crippen LogP contribution >= 0.6 is 0 Å². The van der Waals surface area contributed by atoms with E-state index in [4.69, 9.17) is 14.2 Å². The van der Waals surface area contributed by atoms with Crippen LogP contribution in [-0.2, 0) is 15.7 Å². The Balaban J connectivity index is 1.91. The quantitative estimate of drug-likeness (QED) is 0.550. The lowest BCUT2D eigenvalue weighted by atomic mass is 10.2. The van der Waals surface area contributed by atoms with E-state index < -0.39 is 23.2 Å². The van der Waals surface area contributed by atoms with E-state index in [0.717, 1.165) is 6.07 Å². The fraction of sp³-hybridized carbons (Fsp3) is 0.714. The number of carbonyl (C=O) groups is 1. The number of amides is 1. The highest BCUT2D eigenvalue weighted by Crippen LogP contribution is 2.37. The number of carbonyl (C=O) groups excluding carboxylic acids is 1. The van der Waals surface area contributed by atoms with Crippen LogP contribution in [0, 0.1) is 0 Å². The number of anilines is 1. The Bertz CT molecular complexity index is 748. The molecule has 1 amide bonds. The van der Waals surface area contributed by atoms with Crippen molar-refractivity contribution in [2.45, 2.75) is 32.5 Å². The smallest absolute Gasteiger partial charge is 0.421 e. The molecule has 8 nitrogen and oxygen atoms in total. The van der Waals surface area contributed by atoms with E-state index in [0.29, 0.717) is 45.0 Å². The molecule has 1 aromatic rings. The highest BCUT2D eigenvalue weighted by atomic mass is 19.4. The zero-order chi connectivity index (χ0) is 23.9. The van der Waals surface area contributed by atoms with Crippen LogP contribution < -0.4 is 9.64 Å². The Kier molecular flexibility index (Phi) is 8.97. The number of ether oxygens (including phenoxy) is 3. The summed E-state index contributed by atoms with van der Waals surface area (Å²) in [5, 5.41) is 0. The number of pyridine rings is 1. The molecule has 1 saturated heterocycles. The highest BCUT2D eigenvalue weighted by Gasteiger charge is 2.36. The van der Waals surface area contributed by atoms with Crippen molar-refractivity contribution in [2.75, 3.05) is 71.5 Å². The van der Waals surface area contributed by atoms with Crippen LogP contribution in [0.2, 0.25) is 0 Å². The first-order valence-corrected chi connectivity index (χ1v) is 10.5. The standard InChI is InChI=1S/C21H33F3N4O4/c1-20(2,3)32-19(29)26(4)6-7-27-8-10-28(11-9-27)16-14-17(21(22,23)24)18(25-15-16)31-13-12-30-5/h14-15H,6-13H2,1-5H3. The number of likely N-dealkylation sites (N-methyl/N-ethyl adjacent to an activating group) is 1. The third-order valence-corrected chi connectivity index (χ3v) is 4.86. The molecule has 32 heavy (non-hydrogen) atoms. The van der Waals surface area contributed by atoms with Gasteiger partial charge in [-0.3, -0.25) is 4.90 Å². The van der Waals surface area contributed by atoms with Gasteiger partial charge < -0.3 is 24.0 Å². The second-order valence-corrected chi connectivity index (χ2v) is 8.62. The first kappa shape index (κ1) is 26.0. The molecule has 1 aliphatic heterocycles. The molecule has 2 heterocycles. The van der Waals surface area contributed by atoms with Gasteiger partial charge in [-0.1, -0.05) is 0 Å². The molecule has 2 rings (SSSR count). The van der Waals surface area contributed by atoms with Crippen molar-refractivity contribution >= 4 is 11.8 Å². The Hall–Kier alpha value is -2.27. The molecule has 0 aliphatic carbocycles. The number of alkyl halides is 3. The van der Waals surface area contributed by atoms with Gasteiger partial charge in [0, 0.05) is 53.4 Å². The monoisotopic (exact) mass is 462 g/mol. The fourth-order valence-corrected chi connectivity index (χ4v) is 3.11. The van der Waals surface area contributed by atoms with Crippen molar-refractivity contribution in [2.24, 2.45) is 0 Å². The summed E-state index contributed by atoms with van der Waals surface area (Å²) >= 11 is 0. The minimum Gasteiger partial charge on any atom is -0.475 e. The minimum atomic E-state index is -4.57. The average Bonchev–Trinajstić information content (AvgIpc) is 2.71. The lowest BCUT2D eigenvalue weighted by Crippen LogP contribution is -2.49. The Morgan fingerprint density at radius 2 is 1.81 bits per heavy atom. The third kappa shape index (κ3) is 8.01. The van der Waals surface area contributed by atoms with Gasteiger partial charge >= 0.3 is 12.3 Å². The molecule has 0 radical (unpaired) electrons. The summed E-state index contributed by atoms with van der Waals surface area (Å²) in [5.74, 6) is -0.442. The van der Waals surface area contributed by atoms with Crippen LogP contribution in [0.3, 0.4) is 0 Å². The average molecular weight is 463 g/mol. The van der Waals surface area contributed by atoms with Gasteiger partial charge in [-0.05, 0) is 26.8 Å². The van der Waals surface area contributed by atoms with E-state index in [1.807, 2.05) is 25.7 Å². The maximum atomic E-state index is 13.5. The molecule has 0 aromatic carbocycles. The summed E-state index contributed by atoms with van der Waals surface area (Å²) in [4.78, 5) is 21.5. The number of nitrogens with zero attached hydrogens (tertiary/aromatic N) is 4. The molecule has 1 fully saturated rings. The third-order valence-electron chi connectivity index (χ3n) is 4.86. The summed E-state index contributed by atoms with van der Waals surface area (Å²) in [6, 6.07) is 1.08. The molecule has 1 aliphatic rings. The van der Waals surface area contributed by atoms with Crippen LogP contribution in [-0.4, -0.2) is 93.1 Å². The van der Waals surface area contributed by atoms with Crippen molar-refractivity contribution in [1.29, 1.82) is 0 Å². The van der Waals surface area contributed by atoms with E-state index in [9.17, 15) is 18.0 Å². The Labute approximate surface area is 187 Å². The molecule has 0 saturated carbocycles. The predicted octanol–water partition coefficient (Wildman–Crippen LogP) is 3.11. The maximum absolute atomic E-state index is 13.5. The van der Waals surface area contributed by atoms with Crippen LogP contribution in [0.5, 0.6) is 5.88 Å². The van der Waals surface area contributed by atoms with Crippen molar-refractivity contribution < 1.29 is 32.2 Å². The summed E-state index contributed by atoms with van der Waals surface area (Å²) in [6.07, 6.45) is -3.54. The fourth-order valence-electron chi connectivity index (χ4n) is 3.11. The second-order valence-electron chi connectivity index (χ2n) is 8.62. The van der Waals surface area contributed by atoms with Gasteiger partial charge in [0.15, 0.2) is 0 Å². The van der Waals surface area contributed by atoms with E-state index in [2.05, 4.69) is 9.88 Å². The van der Waals surface area contributed by atoms with Crippen molar-refractivity contribution in [3.63, 3.8) is 0 Å². The van der Waals surface area contributed by atoms with Gasteiger partial charge in [0.2, 0.25) is 5.88 Å². The molecular formula is C21H33F3N4O4. The largest absolute Gasteiger partial charge is 0.475 e. The maximum Gasteiger partial charge on any atom is 0.421 e.